The van der Waals surface area contributed by atoms with Crippen LogP contribution in [0, 0.1) is 0 Å². The number of fused-ring (bicyclic) bond motifs is 1. The van der Waals surface area contributed by atoms with Crippen molar-refractivity contribution in [3.05, 3.63) is 46.8 Å². The predicted molar refractivity (Wildman–Crippen MR) is 95.0 cm³/mol. The van der Waals surface area contributed by atoms with Crippen molar-refractivity contribution < 1.29 is 19.7 Å². The van der Waals surface area contributed by atoms with Gasteiger partial charge in [-0.1, -0.05) is 0 Å². The van der Waals surface area contributed by atoms with Crippen LogP contribution in [-0.2, 0) is 10.9 Å². The molecule has 1 aromatic heterocycles. The molecule has 0 aliphatic rings. The van der Waals surface area contributed by atoms with Gasteiger partial charge >= 0.3 is 5.56 Å². The lowest BCUT2D eigenvalue weighted by molar-refractivity contribution is -0.270. The normalized spacial score (nSPS) is 12.1. The third-order valence-corrected chi connectivity index (χ3v) is 5.89. The molecular formula is C18H17NO5S. The molecule has 130 valence electrons. The standard InChI is InChI=1S/C18H17NO5S/c1-23-14-8-12-13(9-15(14)24-2)19-18(22)17(16(12)21)25(3)11-6-4-10(20)5-7-11/h4-9H,1-3H3,(H2-,19,20,21,22). The molecule has 1 atom stereocenters. The van der Waals surface area contributed by atoms with Crippen LogP contribution in [0.4, 0.5) is 0 Å². The van der Waals surface area contributed by atoms with E-state index in [0.29, 0.717) is 22.4 Å². The molecular weight excluding hydrogens is 342 g/mol. The number of aromatic amines is 1. The van der Waals surface area contributed by atoms with E-state index in [2.05, 4.69) is 4.98 Å². The average molecular weight is 359 g/mol. The van der Waals surface area contributed by atoms with Crippen molar-refractivity contribution in [3.8, 4) is 23.0 Å². The molecule has 7 heteroatoms. The molecule has 0 aliphatic heterocycles. The Kier molecular flexibility index (Phi) is 4.50. The van der Waals surface area contributed by atoms with Crippen molar-refractivity contribution in [3.63, 3.8) is 0 Å². The van der Waals surface area contributed by atoms with Gasteiger partial charge in [-0.15, -0.1) is 0 Å². The van der Waals surface area contributed by atoms with Gasteiger partial charge in [-0.2, -0.15) is 0 Å². The Hall–Kier alpha value is -2.80. The minimum atomic E-state index is -0.739. The monoisotopic (exact) mass is 359 g/mol. The second kappa shape index (κ2) is 6.60. The molecule has 6 nitrogen and oxygen atoms in total. The number of H-pyrrole nitrogens is 1. The molecule has 0 saturated heterocycles. The maximum absolute atomic E-state index is 12.9. The van der Waals surface area contributed by atoms with Crippen molar-refractivity contribution in [2.75, 3.05) is 20.5 Å². The van der Waals surface area contributed by atoms with Gasteiger partial charge in [0, 0.05) is 6.07 Å². The van der Waals surface area contributed by atoms with Crippen molar-refractivity contribution in [2.45, 2.75) is 9.79 Å². The Morgan fingerprint density at radius 1 is 1.08 bits per heavy atom. The molecule has 1 unspecified atom stereocenters. The summed E-state index contributed by atoms with van der Waals surface area (Å²) in [6, 6.07) is 9.63. The maximum atomic E-state index is 12.9. The number of rotatable bonds is 4. The van der Waals surface area contributed by atoms with Crippen molar-refractivity contribution in [1.29, 1.82) is 0 Å². The molecule has 0 saturated carbocycles. The van der Waals surface area contributed by atoms with E-state index in [9.17, 15) is 15.0 Å². The first-order valence-corrected chi connectivity index (χ1v) is 9.03. The highest BCUT2D eigenvalue weighted by molar-refractivity contribution is 7.96. The number of ether oxygens (including phenoxy) is 2. The predicted octanol–water partition coefficient (Wildman–Crippen LogP) is 1.99. The van der Waals surface area contributed by atoms with Crippen molar-refractivity contribution >= 4 is 21.8 Å². The van der Waals surface area contributed by atoms with Crippen LogP contribution >= 0.6 is 0 Å². The fourth-order valence-corrected chi connectivity index (χ4v) is 4.12. The minimum Gasteiger partial charge on any atom is -0.868 e. The van der Waals surface area contributed by atoms with Gasteiger partial charge < -0.3 is 24.7 Å². The zero-order valence-corrected chi connectivity index (χ0v) is 14.8. The van der Waals surface area contributed by atoms with Gasteiger partial charge in [-0.25, -0.2) is 0 Å². The quantitative estimate of drug-likeness (QED) is 0.695. The van der Waals surface area contributed by atoms with Crippen LogP contribution in [0.1, 0.15) is 0 Å². The molecule has 2 N–H and O–H groups in total. The number of phenolic OH excluding ortho intramolecular Hbond substituents is 1. The fourth-order valence-electron chi connectivity index (χ4n) is 2.62. The number of pyridine rings is 1. The third kappa shape index (κ3) is 2.98. The maximum Gasteiger partial charge on any atom is 0.303 e. The number of hydrogen-bond acceptors (Lipinski definition) is 5. The van der Waals surface area contributed by atoms with Crippen LogP contribution in [0.5, 0.6) is 23.0 Å². The molecule has 1 heterocycles. The van der Waals surface area contributed by atoms with E-state index in [0.717, 1.165) is 4.90 Å². The van der Waals surface area contributed by atoms with E-state index >= 15 is 0 Å². The smallest absolute Gasteiger partial charge is 0.303 e. The Morgan fingerprint density at radius 3 is 2.28 bits per heavy atom. The molecule has 0 fully saturated rings. The molecule has 0 aliphatic carbocycles. The van der Waals surface area contributed by atoms with Crippen LogP contribution in [-0.4, -0.2) is 30.6 Å². The Morgan fingerprint density at radius 2 is 1.68 bits per heavy atom. The summed E-state index contributed by atoms with van der Waals surface area (Å²) in [5, 5.41) is 22.7. The Labute approximate surface area is 147 Å². The largest absolute Gasteiger partial charge is 0.868 e. The molecule has 0 amide bonds. The highest BCUT2D eigenvalue weighted by atomic mass is 32.2. The number of hydrogen-bond donors (Lipinski definition) is 2. The number of nitrogens with one attached hydrogen (secondary N) is 1. The first kappa shape index (κ1) is 17.0. The van der Waals surface area contributed by atoms with Crippen LogP contribution in [0.25, 0.3) is 10.9 Å². The zero-order chi connectivity index (χ0) is 18.1. The van der Waals surface area contributed by atoms with E-state index in [1.165, 1.54) is 26.4 Å². The molecule has 2 aromatic carbocycles. The minimum absolute atomic E-state index is 0.132. The first-order chi connectivity index (χ1) is 12.0. The summed E-state index contributed by atoms with van der Waals surface area (Å²) in [4.78, 5) is 16.2. The summed E-state index contributed by atoms with van der Waals surface area (Å²) in [5.41, 5.74) is -0.0252. The molecule has 0 bridgehead atoms. The van der Waals surface area contributed by atoms with Crippen LogP contribution in [0.3, 0.4) is 0 Å². The SMILES string of the molecule is COc1cc2[nH]c(=O)c([S+](C)c3ccc(O)cc3)c([O-])c2cc1OC. The lowest BCUT2D eigenvalue weighted by atomic mass is 10.2. The molecule has 0 radical (unpaired) electrons. The van der Waals surface area contributed by atoms with E-state index < -0.39 is 16.5 Å². The number of phenols is 1. The van der Waals surface area contributed by atoms with Gasteiger partial charge in [-0.3, -0.25) is 4.79 Å². The Bertz CT molecular complexity index is 981. The second-order valence-electron chi connectivity index (χ2n) is 5.37. The van der Waals surface area contributed by atoms with Crippen molar-refractivity contribution in [1.82, 2.24) is 4.98 Å². The summed E-state index contributed by atoms with van der Waals surface area (Å²) in [7, 11) is 2.24. The van der Waals surface area contributed by atoms with Crippen LogP contribution in [0.15, 0.2) is 51.0 Å². The summed E-state index contributed by atoms with van der Waals surface area (Å²) < 4.78 is 10.5. The van der Waals surface area contributed by atoms with Gasteiger partial charge in [0.1, 0.15) is 12.0 Å². The molecule has 3 rings (SSSR count). The number of benzene rings is 2. The molecule has 25 heavy (non-hydrogen) atoms. The van der Waals surface area contributed by atoms with Crippen LogP contribution in [0.2, 0.25) is 0 Å². The van der Waals surface area contributed by atoms with E-state index in [1.54, 1.807) is 24.3 Å². The lowest BCUT2D eigenvalue weighted by Crippen LogP contribution is -2.20. The number of aromatic nitrogens is 1. The fraction of sp³-hybridized carbons (Fsp3) is 0.167. The van der Waals surface area contributed by atoms with E-state index in [-0.39, 0.29) is 16.4 Å². The van der Waals surface area contributed by atoms with Gasteiger partial charge in [0.25, 0.3) is 0 Å². The zero-order valence-electron chi connectivity index (χ0n) is 14.0. The third-order valence-electron chi connectivity index (χ3n) is 3.93. The summed E-state index contributed by atoms with van der Waals surface area (Å²) in [6.07, 6.45) is 1.81. The topological polar surface area (TPSA) is 94.6 Å². The van der Waals surface area contributed by atoms with Gasteiger partial charge in [0.2, 0.25) is 4.90 Å². The second-order valence-corrected chi connectivity index (χ2v) is 7.27. The number of methoxy groups -OCH3 is 2. The molecule has 0 spiro atoms. The highest BCUT2D eigenvalue weighted by Gasteiger charge is 2.26. The summed E-state index contributed by atoms with van der Waals surface area (Å²) in [5.74, 6) is 0.656. The van der Waals surface area contributed by atoms with Crippen molar-refractivity contribution in [2.24, 2.45) is 0 Å². The highest BCUT2D eigenvalue weighted by Crippen LogP contribution is 2.36. The molecule has 3 aromatic rings. The Balaban J connectivity index is 2.22. The lowest BCUT2D eigenvalue weighted by Gasteiger charge is -2.16. The van der Waals surface area contributed by atoms with E-state index in [1.807, 2.05) is 6.26 Å². The van der Waals surface area contributed by atoms with Crippen LogP contribution < -0.4 is 20.1 Å². The van der Waals surface area contributed by atoms with Gasteiger partial charge in [0.15, 0.2) is 16.4 Å². The summed E-state index contributed by atoms with van der Waals surface area (Å²) in [6.45, 7) is 0. The first-order valence-electron chi connectivity index (χ1n) is 7.40. The van der Waals surface area contributed by atoms with Gasteiger partial charge in [-0.05, 0) is 41.5 Å². The summed E-state index contributed by atoms with van der Waals surface area (Å²) >= 11 is 0. The van der Waals surface area contributed by atoms with E-state index in [4.69, 9.17) is 9.47 Å². The number of aromatic hydroxyl groups is 1. The van der Waals surface area contributed by atoms with Gasteiger partial charge in [0.05, 0.1) is 30.6 Å². The average Bonchev–Trinajstić information content (AvgIpc) is 2.61.